The highest BCUT2D eigenvalue weighted by Crippen LogP contribution is 2.29. The number of fused-ring (bicyclic) bond motifs is 1. The van der Waals surface area contributed by atoms with Crippen molar-refractivity contribution < 1.29 is 14.6 Å². The summed E-state index contributed by atoms with van der Waals surface area (Å²) in [4.78, 5) is 15.1. The fraction of sp³-hybridized carbons (Fsp3) is 0.259. The van der Waals surface area contributed by atoms with Gasteiger partial charge in [-0.1, -0.05) is 30.3 Å². The Morgan fingerprint density at radius 3 is 2.56 bits per heavy atom. The smallest absolute Gasteiger partial charge is 0.253 e. The van der Waals surface area contributed by atoms with Gasteiger partial charge in [-0.25, -0.2) is 0 Å². The van der Waals surface area contributed by atoms with Crippen LogP contribution in [0.2, 0.25) is 0 Å². The molecule has 3 N–H and O–H groups in total. The number of hydrogen-bond acceptors (Lipinski definition) is 5. The van der Waals surface area contributed by atoms with Gasteiger partial charge in [-0.05, 0) is 62.4 Å². The van der Waals surface area contributed by atoms with Crippen LogP contribution in [0.1, 0.15) is 35.0 Å². The summed E-state index contributed by atoms with van der Waals surface area (Å²) >= 11 is 0. The van der Waals surface area contributed by atoms with Crippen molar-refractivity contribution in [3.8, 4) is 17.0 Å². The fourth-order valence-corrected chi connectivity index (χ4v) is 4.29. The van der Waals surface area contributed by atoms with Gasteiger partial charge in [-0.15, -0.1) is 0 Å². The second-order valence-electron chi connectivity index (χ2n) is 8.76. The van der Waals surface area contributed by atoms with Crippen LogP contribution >= 0.6 is 0 Å². The lowest BCUT2D eigenvalue weighted by Crippen LogP contribution is -2.35. The van der Waals surface area contributed by atoms with E-state index in [1.165, 1.54) is 0 Å². The Morgan fingerprint density at radius 2 is 1.82 bits per heavy atom. The van der Waals surface area contributed by atoms with E-state index in [9.17, 15) is 9.90 Å². The monoisotopic (exact) mass is 456 g/mol. The minimum Gasteiger partial charge on any atom is -0.490 e. The minimum atomic E-state index is -1.08. The molecule has 1 fully saturated rings. The highest BCUT2D eigenvalue weighted by atomic mass is 16.5. The standard InChI is InChI=1S/C27H28N4O3/c1-31-15-13-22(14-16-31)34-21-10-7-18(8-11-21)25-23-17-20(9-12-24(23)29-30-25)27(33)28-26(32)19-5-3-2-4-6-19/h2-12,17,22,26,32H,13-16H2,1H3,(H,28,33)(H,29,30)/t26-/m0/s1. The van der Waals surface area contributed by atoms with Gasteiger partial charge in [-0.3, -0.25) is 9.89 Å². The van der Waals surface area contributed by atoms with Gasteiger partial charge in [-0.2, -0.15) is 5.10 Å². The number of H-pyrrole nitrogens is 1. The number of benzene rings is 3. The topological polar surface area (TPSA) is 90.5 Å². The molecule has 0 saturated carbocycles. The molecule has 7 heteroatoms. The van der Waals surface area contributed by atoms with Crippen molar-refractivity contribution in [1.82, 2.24) is 20.4 Å². The summed E-state index contributed by atoms with van der Waals surface area (Å²) in [6.45, 7) is 2.11. The first-order valence-corrected chi connectivity index (χ1v) is 11.5. The molecule has 0 bridgehead atoms. The molecule has 4 aromatic rings. The van der Waals surface area contributed by atoms with Crippen molar-refractivity contribution in [3.63, 3.8) is 0 Å². The Labute approximate surface area is 198 Å². The number of rotatable bonds is 6. The third-order valence-corrected chi connectivity index (χ3v) is 6.30. The average molecular weight is 457 g/mol. The van der Waals surface area contributed by atoms with Crippen LogP contribution in [0, 0.1) is 0 Å². The predicted molar refractivity (Wildman–Crippen MR) is 132 cm³/mol. The van der Waals surface area contributed by atoms with Gasteiger partial charge < -0.3 is 20.1 Å². The largest absolute Gasteiger partial charge is 0.490 e. The highest BCUT2D eigenvalue weighted by molar-refractivity contribution is 6.01. The lowest BCUT2D eigenvalue weighted by molar-refractivity contribution is 0.0783. The maximum atomic E-state index is 12.8. The second-order valence-corrected chi connectivity index (χ2v) is 8.76. The Bertz CT molecular complexity index is 1260. The number of hydrogen-bond donors (Lipinski definition) is 3. The van der Waals surface area contributed by atoms with Crippen LogP contribution in [0.25, 0.3) is 22.2 Å². The summed E-state index contributed by atoms with van der Waals surface area (Å²) in [5.74, 6) is 0.500. The molecule has 3 aromatic carbocycles. The van der Waals surface area contributed by atoms with Crippen LogP contribution in [-0.2, 0) is 0 Å². The molecule has 1 atom stereocenters. The van der Waals surface area contributed by atoms with Crippen LogP contribution < -0.4 is 10.1 Å². The van der Waals surface area contributed by atoms with Gasteiger partial charge in [0.2, 0.25) is 0 Å². The van der Waals surface area contributed by atoms with Crippen LogP contribution in [0.3, 0.4) is 0 Å². The van der Waals surface area contributed by atoms with E-state index in [-0.39, 0.29) is 12.0 Å². The van der Waals surface area contributed by atoms with Crippen LogP contribution in [0.4, 0.5) is 0 Å². The highest BCUT2D eigenvalue weighted by Gasteiger charge is 2.19. The van der Waals surface area contributed by atoms with Gasteiger partial charge in [0.25, 0.3) is 5.91 Å². The average Bonchev–Trinajstić information content (AvgIpc) is 3.30. The third-order valence-electron chi connectivity index (χ3n) is 6.30. The lowest BCUT2D eigenvalue weighted by Gasteiger charge is -2.29. The van der Waals surface area contributed by atoms with E-state index in [0.29, 0.717) is 11.1 Å². The molecule has 1 aliphatic rings. The molecule has 7 nitrogen and oxygen atoms in total. The molecule has 5 rings (SSSR count). The van der Waals surface area contributed by atoms with E-state index in [1.807, 2.05) is 48.5 Å². The summed E-state index contributed by atoms with van der Waals surface area (Å²) < 4.78 is 6.16. The van der Waals surface area contributed by atoms with Crippen molar-refractivity contribution >= 4 is 16.8 Å². The normalized spacial score (nSPS) is 15.8. The Hall–Kier alpha value is -3.68. The van der Waals surface area contributed by atoms with Gasteiger partial charge in [0.05, 0.1) is 11.2 Å². The summed E-state index contributed by atoms with van der Waals surface area (Å²) in [6, 6.07) is 22.3. The SMILES string of the molecule is CN1CCC(Oc2ccc(-c3n[nH]c4ccc(C(=O)N[C@@H](O)c5ccccc5)cc34)cc2)CC1. The van der Waals surface area contributed by atoms with Crippen molar-refractivity contribution in [2.24, 2.45) is 0 Å². The van der Waals surface area contributed by atoms with Crippen LogP contribution in [0.15, 0.2) is 72.8 Å². The first-order chi connectivity index (χ1) is 16.6. The zero-order valence-corrected chi connectivity index (χ0v) is 19.1. The van der Waals surface area contributed by atoms with E-state index in [0.717, 1.165) is 53.8 Å². The first-order valence-electron chi connectivity index (χ1n) is 11.5. The minimum absolute atomic E-state index is 0.251. The Kier molecular flexibility index (Phi) is 6.29. The summed E-state index contributed by atoms with van der Waals surface area (Å²) in [7, 11) is 2.14. The van der Waals surface area contributed by atoms with Gasteiger partial charge >= 0.3 is 0 Å². The molecule has 1 saturated heterocycles. The number of amides is 1. The molecule has 0 aliphatic carbocycles. The number of carbonyl (C=O) groups is 1. The van der Waals surface area contributed by atoms with Crippen molar-refractivity contribution in [1.29, 1.82) is 0 Å². The molecule has 0 unspecified atom stereocenters. The number of nitrogens with zero attached hydrogens (tertiary/aromatic N) is 2. The number of piperidine rings is 1. The zero-order chi connectivity index (χ0) is 23.5. The van der Waals surface area contributed by atoms with Gasteiger partial charge in [0.1, 0.15) is 11.9 Å². The number of aliphatic hydroxyl groups excluding tert-OH is 1. The van der Waals surface area contributed by atoms with E-state index in [4.69, 9.17) is 4.74 Å². The van der Waals surface area contributed by atoms with Crippen molar-refractivity contribution in [2.75, 3.05) is 20.1 Å². The number of ether oxygens (including phenoxy) is 1. The van der Waals surface area contributed by atoms with Crippen molar-refractivity contribution in [2.45, 2.75) is 25.2 Å². The van der Waals surface area contributed by atoms with E-state index in [2.05, 4.69) is 27.5 Å². The first kappa shape index (κ1) is 22.1. The molecule has 34 heavy (non-hydrogen) atoms. The summed E-state index contributed by atoms with van der Waals surface area (Å²) in [5, 5.41) is 21.3. The lowest BCUT2D eigenvalue weighted by atomic mass is 10.0. The van der Waals surface area contributed by atoms with E-state index in [1.54, 1.807) is 24.3 Å². The van der Waals surface area contributed by atoms with Gasteiger partial charge in [0, 0.05) is 35.2 Å². The summed E-state index contributed by atoms with van der Waals surface area (Å²) in [6.07, 6.45) is 1.24. The molecule has 0 radical (unpaired) electrons. The molecular weight excluding hydrogens is 428 g/mol. The van der Waals surface area contributed by atoms with Crippen molar-refractivity contribution in [3.05, 3.63) is 83.9 Å². The molecule has 174 valence electrons. The number of aromatic nitrogens is 2. The maximum Gasteiger partial charge on any atom is 0.253 e. The fourth-order valence-electron chi connectivity index (χ4n) is 4.29. The van der Waals surface area contributed by atoms with Crippen LogP contribution in [0.5, 0.6) is 5.75 Å². The quantitative estimate of drug-likeness (QED) is 0.380. The van der Waals surface area contributed by atoms with Crippen LogP contribution in [-0.4, -0.2) is 52.4 Å². The molecule has 2 heterocycles. The zero-order valence-electron chi connectivity index (χ0n) is 19.1. The van der Waals surface area contributed by atoms with Gasteiger partial charge in [0.15, 0.2) is 6.23 Å². The number of aliphatic hydroxyl groups is 1. The predicted octanol–water partition coefficient (Wildman–Crippen LogP) is 4.12. The number of carbonyl (C=O) groups excluding carboxylic acids is 1. The Morgan fingerprint density at radius 1 is 1.09 bits per heavy atom. The third kappa shape index (κ3) is 4.81. The van der Waals surface area contributed by atoms with E-state index < -0.39 is 6.23 Å². The second kappa shape index (κ2) is 9.67. The number of likely N-dealkylation sites (tertiary alicyclic amines) is 1. The molecule has 1 amide bonds. The molecular formula is C27H28N4O3. The molecule has 1 aliphatic heterocycles. The Balaban J connectivity index is 1.32. The molecule has 1 aromatic heterocycles. The maximum absolute atomic E-state index is 12.8. The summed E-state index contributed by atoms with van der Waals surface area (Å²) in [5.41, 5.74) is 3.61. The molecule has 0 spiro atoms. The number of aromatic amines is 1. The number of nitrogens with one attached hydrogen (secondary N) is 2. The van der Waals surface area contributed by atoms with E-state index >= 15 is 0 Å².